The number of methoxy groups -OCH3 is 2. The van der Waals surface area contributed by atoms with Gasteiger partial charge in [0, 0.05) is 19.7 Å². The molecule has 0 bridgehead atoms. The van der Waals surface area contributed by atoms with Crippen molar-refractivity contribution in [2.24, 2.45) is 5.10 Å². The lowest BCUT2D eigenvalue weighted by Gasteiger charge is -2.09. The van der Waals surface area contributed by atoms with Crippen LogP contribution >= 0.6 is 0 Å². The lowest BCUT2D eigenvalue weighted by atomic mass is 10.2. The Morgan fingerprint density at radius 1 is 1.19 bits per heavy atom. The van der Waals surface area contributed by atoms with Crippen LogP contribution in [0, 0.1) is 0 Å². The van der Waals surface area contributed by atoms with Crippen molar-refractivity contribution < 1.29 is 14.6 Å². The number of rotatable bonds is 4. The zero-order valence-electron chi connectivity index (χ0n) is 9.89. The summed E-state index contributed by atoms with van der Waals surface area (Å²) in [5.41, 5.74) is 0.792. The Morgan fingerprint density at radius 3 is 2.06 bits per heavy atom. The van der Waals surface area contributed by atoms with Crippen LogP contribution in [0.5, 0.6) is 17.2 Å². The molecule has 1 aromatic rings. The summed E-state index contributed by atoms with van der Waals surface area (Å²) >= 11 is 0. The number of hydrogen-bond donors (Lipinski definition) is 1. The third-order valence-electron chi connectivity index (χ3n) is 1.94. The molecule has 0 saturated carbocycles. The normalized spacial score (nSPS) is 10.5. The minimum Gasteiger partial charge on any atom is -0.502 e. The smallest absolute Gasteiger partial charge is 0.200 e. The molecule has 0 radical (unpaired) electrons. The minimum atomic E-state index is -0.00740. The second kappa shape index (κ2) is 5.25. The van der Waals surface area contributed by atoms with Crippen LogP contribution in [0.2, 0.25) is 0 Å². The van der Waals surface area contributed by atoms with E-state index in [4.69, 9.17) is 9.47 Å². The van der Waals surface area contributed by atoms with Gasteiger partial charge in [0.1, 0.15) is 0 Å². The van der Waals surface area contributed by atoms with Gasteiger partial charge in [-0.25, -0.2) is 0 Å². The summed E-state index contributed by atoms with van der Waals surface area (Å²) < 4.78 is 10.1. The van der Waals surface area contributed by atoms with Crippen molar-refractivity contribution in [1.29, 1.82) is 0 Å². The van der Waals surface area contributed by atoms with Crippen LogP contribution in [0.4, 0.5) is 0 Å². The highest BCUT2D eigenvalue weighted by molar-refractivity contribution is 5.82. The maximum Gasteiger partial charge on any atom is 0.200 e. The predicted molar refractivity (Wildman–Crippen MR) is 62.5 cm³/mol. The topological polar surface area (TPSA) is 54.3 Å². The Bertz CT molecular complexity index is 364. The molecule has 0 heterocycles. The molecular formula is C11H16N2O3. The van der Waals surface area contributed by atoms with Crippen molar-refractivity contribution in [2.75, 3.05) is 28.3 Å². The summed E-state index contributed by atoms with van der Waals surface area (Å²) in [4.78, 5) is 0. The predicted octanol–water partition coefficient (Wildman–Crippen LogP) is 1.30. The largest absolute Gasteiger partial charge is 0.502 e. The monoisotopic (exact) mass is 224 g/mol. The summed E-state index contributed by atoms with van der Waals surface area (Å²) in [6.07, 6.45) is 1.66. The first-order valence-corrected chi connectivity index (χ1v) is 4.74. The first kappa shape index (κ1) is 12.2. The van der Waals surface area contributed by atoms with Crippen LogP contribution in [0.15, 0.2) is 17.2 Å². The highest BCUT2D eigenvalue weighted by Crippen LogP contribution is 2.36. The molecule has 0 saturated heterocycles. The fourth-order valence-corrected chi connectivity index (χ4v) is 1.17. The fourth-order valence-electron chi connectivity index (χ4n) is 1.17. The van der Waals surface area contributed by atoms with Gasteiger partial charge in [-0.1, -0.05) is 0 Å². The molecule has 1 N–H and O–H groups in total. The quantitative estimate of drug-likeness (QED) is 0.618. The van der Waals surface area contributed by atoms with E-state index in [1.165, 1.54) is 14.2 Å². The molecule has 5 nitrogen and oxygen atoms in total. The molecule has 16 heavy (non-hydrogen) atoms. The zero-order chi connectivity index (χ0) is 12.1. The molecule has 0 spiro atoms. The van der Waals surface area contributed by atoms with Crippen molar-refractivity contribution in [3.8, 4) is 17.2 Å². The van der Waals surface area contributed by atoms with Crippen molar-refractivity contribution >= 4 is 6.21 Å². The molecule has 0 aliphatic rings. The van der Waals surface area contributed by atoms with Gasteiger partial charge in [0.05, 0.1) is 20.4 Å². The number of aromatic hydroxyl groups is 1. The van der Waals surface area contributed by atoms with Gasteiger partial charge in [0.15, 0.2) is 11.5 Å². The number of hydrogen-bond acceptors (Lipinski definition) is 5. The molecule has 0 unspecified atom stereocenters. The van der Waals surface area contributed by atoms with Crippen LogP contribution in [-0.4, -0.2) is 44.6 Å². The van der Waals surface area contributed by atoms with Crippen molar-refractivity contribution in [3.05, 3.63) is 17.7 Å². The zero-order valence-corrected chi connectivity index (χ0v) is 9.89. The first-order valence-electron chi connectivity index (χ1n) is 4.74. The van der Waals surface area contributed by atoms with Crippen molar-refractivity contribution in [3.63, 3.8) is 0 Å². The van der Waals surface area contributed by atoms with E-state index in [1.807, 2.05) is 14.1 Å². The van der Waals surface area contributed by atoms with Gasteiger partial charge in [-0.2, -0.15) is 5.10 Å². The Balaban J connectivity index is 3.12. The molecule has 1 rings (SSSR count). The van der Waals surface area contributed by atoms with E-state index in [2.05, 4.69) is 5.10 Å². The van der Waals surface area contributed by atoms with Crippen LogP contribution in [0.3, 0.4) is 0 Å². The molecule has 88 valence electrons. The Kier molecular flexibility index (Phi) is 3.99. The van der Waals surface area contributed by atoms with E-state index in [9.17, 15) is 5.11 Å². The summed E-state index contributed by atoms with van der Waals surface area (Å²) in [6, 6.07) is 3.37. The second-order valence-corrected chi connectivity index (χ2v) is 3.37. The fraction of sp³-hybridized carbons (Fsp3) is 0.364. The average Bonchev–Trinajstić information content (AvgIpc) is 2.27. The van der Waals surface area contributed by atoms with Gasteiger partial charge < -0.3 is 19.6 Å². The minimum absolute atomic E-state index is 0.00740. The molecule has 0 aliphatic heterocycles. The van der Waals surface area contributed by atoms with E-state index in [0.717, 1.165) is 5.56 Å². The number of benzene rings is 1. The van der Waals surface area contributed by atoms with Crippen molar-refractivity contribution in [2.45, 2.75) is 0 Å². The summed E-state index contributed by atoms with van der Waals surface area (Å²) in [7, 11) is 6.62. The van der Waals surface area contributed by atoms with Gasteiger partial charge >= 0.3 is 0 Å². The summed E-state index contributed by atoms with van der Waals surface area (Å²) in [5, 5.41) is 15.4. The third kappa shape index (κ3) is 2.79. The van der Waals surface area contributed by atoms with E-state index >= 15 is 0 Å². The van der Waals surface area contributed by atoms with Gasteiger partial charge in [-0.05, 0) is 12.1 Å². The van der Waals surface area contributed by atoms with Crippen LogP contribution in [0.1, 0.15) is 5.56 Å². The van der Waals surface area contributed by atoms with Crippen LogP contribution in [0.25, 0.3) is 0 Å². The van der Waals surface area contributed by atoms with Crippen molar-refractivity contribution in [1.82, 2.24) is 5.01 Å². The summed E-state index contributed by atoms with van der Waals surface area (Å²) in [6.45, 7) is 0. The number of nitrogens with zero attached hydrogens (tertiary/aromatic N) is 2. The highest BCUT2D eigenvalue weighted by atomic mass is 16.5. The molecule has 5 heteroatoms. The lowest BCUT2D eigenvalue weighted by molar-refractivity contribution is 0.340. The number of phenolic OH excluding ortho intramolecular Hbond substituents is 1. The van der Waals surface area contributed by atoms with E-state index in [0.29, 0.717) is 11.5 Å². The third-order valence-corrected chi connectivity index (χ3v) is 1.94. The van der Waals surface area contributed by atoms with Gasteiger partial charge in [-0.3, -0.25) is 0 Å². The van der Waals surface area contributed by atoms with Gasteiger partial charge in [0.2, 0.25) is 5.75 Å². The highest BCUT2D eigenvalue weighted by Gasteiger charge is 2.09. The number of hydrazone groups is 1. The Morgan fingerprint density at radius 2 is 1.69 bits per heavy atom. The second-order valence-electron chi connectivity index (χ2n) is 3.37. The first-order chi connectivity index (χ1) is 7.58. The van der Waals surface area contributed by atoms with E-state index in [-0.39, 0.29) is 5.75 Å². The molecule has 0 amide bonds. The number of ether oxygens (including phenoxy) is 2. The molecule has 0 aliphatic carbocycles. The average molecular weight is 224 g/mol. The summed E-state index contributed by atoms with van der Waals surface area (Å²) in [5.74, 6) is 0.714. The molecule has 1 aromatic carbocycles. The van der Waals surface area contributed by atoms with Crippen LogP contribution < -0.4 is 9.47 Å². The maximum atomic E-state index is 9.69. The standard InChI is InChI=1S/C11H16N2O3/c1-13(2)12-7-8-5-9(15-3)11(14)10(6-8)16-4/h5-7,14H,1-4H3. The van der Waals surface area contributed by atoms with Gasteiger partial charge in [-0.15, -0.1) is 0 Å². The lowest BCUT2D eigenvalue weighted by Crippen LogP contribution is -2.02. The van der Waals surface area contributed by atoms with E-state index in [1.54, 1.807) is 23.4 Å². The molecule has 0 fully saturated rings. The number of phenols is 1. The molecular weight excluding hydrogens is 208 g/mol. The SMILES string of the molecule is COc1cc(C=NN(C)C)cc(OC)c1O. The molecule has 0 atom stereocenters. The Hall–Kier alpha value is -1.91. The van der Waals surface area contributed by atoms with Crippen LogP contribution in [-0.2, 0) is 0 Å². The maximum absolute atomic E-state index is 9.69. The van der Waals surface area contributed by atoms with Gasteiger partial charge in [0.25, 0.3) is 0 Å². The Labute approximate surface area is 94.9 Å². The van der Waals surface area contributed by atoms with E-state index < -0.39 is 0 Å². The molecule has 0 aromatic heterocycles.